The molecular formula is C11H20N6O2S. The van der Waals surface area contributed by atoms with E-state index in [-0.39, 0.29) is 17.2 Å². The van der Waals surface area contributed by atoms with Gasteiger partial charge in [-0.25, -0.2) is 0 Å². The molecule has 0 radical (unpaired) electrons. The van der Waals surface area contributed by atoms with Gasteiger partial charge in [-0.2, -0.15) is 17.8 Å². The zero-order valence-electron chi connectivity index (χ0n) is 11.5. The second-order valence-electron chi connectivity index (χ2n) is 4.86. The predicted octanol–water partition coefficient (Wildman–Crippen LogP) is 0.237. The Balaban J connectivity index is 2.23. The van der Waals surface area contributed by atoms with E-state index in [4.69, 9.17) is 11.1 Å². The number of amidine groups is 1. The lowest BCUT2D eigenvalue weighted by Gasteiger charge is -2.21. The average molecular weight is 300 g/mol. The minimum atomic E-state index is -3.64. The molecule has 0 aromatic carbocycles. The summed E-state index contributed by atoms with van der Waals surface area (Å²) in [4.78, 5) is 0. The zero-order chi connectivity index (χ0) is 14.8. The molecule has 2 heterocycles. The minimum Gasteiger partial charge on any atom is -0.384 e. The number of hydrogen-bond acceptors (Lipinski definition) is 4. The maximum absolute atomic E-state index is 12.4. The molecule has 0 atom stereocenters. The van der Waals surface area contributed by atoms with E-state index in [1.165, 1.54) is 15.2 Å². The molecule has 1 aliphatic rings. The monoisotopic (exact) mass is 300 g/mol. The SMILES string of the molecule is Cn1ncc(C(=N)N)c1NS(=O)(=O)N1CCCCCC1. The topological polar surface area (TPSA) is 117 Å². The molecule has 0 saturated carbocycles. The number of aromatic nitrogens is 2. The molecule has 8 nitrogen and oxygen atoms in total. The number of rotatable bonds is 4. The summed E-state index contributed by atoms with van der Waals surface area (Å²) in [6.45, 7) is 1.03. The summed E-state index contributed by atoms with van der Waals surface area (Å²) in [5, 5.41) is 11.4. The molecular weight excluding hydrogens is 280 g/mol. The largest absolute Gasteiger partial charge is 0.384 e. The van der Waals surface area contributed by atoms with Crippen molar-refractivity contribution in [2.45, 2.75) is 25.7 Å². The smallest absolute Gasteiger partial charge is 0.302 e. The van der Waals surface area contributed by atoms with Crippen LogP contribution < -0.4 is 10.5 Å². The van der Waals surface area contributed by atoms with Gasteiger partial charge in [-0.3, -0.25) is 14.8 Å². The average Bonchev–Trinajstić information content (AvgIpc) is 2.61. The van der Waals surface area contributed by atoms with Crippen LogP contribution in [0.25, 0.3) is 0 Å². The fourth-order valence-electron chi connectivity index (χ4n) is 2.22. The van der Waals surface area contributed by atoms with Gasteiger partial charge in [0.2, 0.25) is 0 Å². The van der Waals surface area contributed by atoms with Crippen molar-refractivity contribution >= 4 is 21.9 Å². The van der Waals surface area contributed by atoms with Gasteiger partial charge < -0.3 is 5.73 Å². The van der Waals surface area contributed by atoms with Crippen LogP contribution in [-0.4, -0.2) is 41.4 Å². The third-order valence-corrected chi connectivity index (χ3v) is 4.86. The molecule has 1 aliphatic heterocycles. The van der Waals surface area contributed by atoms with Crippen molar-refractivity contribution < 1.29 is 8.42 Å². The number of nitrogens with two attached hydrogens (primary N) is 1. The Hall–Kier alpha value is -1.61. The molecule has 9 heteroatoms. The third kappa shape index (κ3) is 3.10. The van der Waals surface area contributed by atoms with Gasteiger partial charge in [-0.05, 0) is 12.8 Å². The quantitative estimate of drug-likeness (QED) is 0.545. The fraction of sp³-hybridized carbons (Fsp3) is 0.636. The van der Waals surface area contributed by atoms with Crippen LogP contribution in [0.3, 0.4) is 0 Å². The van der Waals surface area contributed by atoms with Crippen LogP contribution in [0.15, 0.2) is 6.20 Å². The maximum atomic E-state index is 12.4. The first-order chi connectivity index (χ1) is 9.42. The van der Waals surface area contributed by atoms with E-state index < -0.39 is 10.2 Å². The van der Waals surface area contributed by atoms with E-state index >= 15 is 0 Å². The van der Waals surface area contributed by atoms with Crippen LogP contribution >= 0.6 is 0 Å². The van der Waals surface area contributed by atoms with Crippen molar-refractivity contribution in [1.82, 2.24) is 14.1 Å². The molecule has 0 unspecified atom stereocenters. The highest BCUT2D eigenvalue weighted by atomic mass is 32.2. The third-order valence-electron chi connectivity index (χ3n) is 3.36. The van der Waals surface area contributed by atoms with E-state index in [1.54, 1.807) is 7.05 Å². The van der Waals surface area contributed by atoms with Gasteiger partial charge >= 0.3 is 10.2 Å². The van der Waals surface area contributed by atoms with Crippen molar-refractivity contribution in [3.63, 3.8) is 0 Å². The molecule has 0 spiro atoms. The first-order valence-corrected chi connectivity index (χ1v) is 8.00. The fourth-order valence-corrected chi connectivity index (χ4v) is 3.58. The number of anilines is 1. The van der Waals surface area contributed by atoms with Crippen LogP contribution in [0.1, 0.15) is 31.2 Å². The van der Waals surface area contributed by atoms with Crippen molar-refractivity contribution in [2.24, 2.45) is 12.8 Å². The Morgan fingerprint density at radius 2 is 1.95 bits per heavy atom. The van der Waals surface area contributed by atoms with Crippen molar-refractivity contribution in [3.8, 4) is 0 Å². The number of nitrogens with one attached hydrogen (secondary N) is 2. The Bertz CT molecular complexity index is 586. The summed E-state index contributed by atoms with van der Waals surface area (Å²) in [7, 11) is -2.03. The zero-order valence-corrected chi connectivity index (χ0v) is 12.3. The number of hydrogen-bond donors (Lipinski definition) is 3. The van der Waals surface area contributed by atoms with E-state index in [0.717, 1.165) is 25.7 Å². The second kappa shape index (κ2) is 5.80. The summed E-state index contributed by atoms with van der Waals surface area (Å²) >= 11 is 0. The van der Waals surface area contributed by atoms with E-state index in [0.29, 0.717) is 13.1 Å². The van der Waals surface area contributed by atoms with Crippen LogP contribution in [0, 0.1) is 5.41 Å². The lowest BCUT2D eigenvalue weighted by molar-refractivity contribution is 0.427. The lowest BCUT2D eigenvalue weighted by Crippen LogP contribution is -2.37. The number of aryl methyl sites for hydroxylation is 1. The highest BCUT2D eigenvalue weighted by Crippen LogP contribution is 2.19. The maximum Gasteiger partial charge on any atom is 0.302 e. The molecule has 1 fully saturated rings. The van der Waals surface area contributed by atoms with Gasteiger partial charge in [0.1, 0.15) is 11.7 Å². The Morgan fingerprint density at radius 3 is 2.50 bits per heavy atom. The standard InChI is InChI=1S/C11H20N6O2S/c1-16-11(9(8-14-16)10(12)13)15-20(18,19)17-6-4-2-3-5-7-17/h8,15H,2-7H2,1H3,(H3,12,13). The van der Waals surface area contributed by atoms with Crippen LogP contribution in [0.4, 0.5) is 5.82 Å². The molecule has 1 aromatic heterocycles. The summed E-state index contributed by atoms with van der Waals surface area (Å²) in [6, 6.07) is 0. The van der Waals surface area contributed by atoms with E-state index in [2.05, 4.69) is 9.82 Å². The first-order valence-electron chi connectivity index (χ1n) is 6.56. The van der Waals surface area contributed by atoms with Gasteiger partial charge in [-0.15, -0.1) is 0 Å². The van der Waals surface area contributed by atoms with Gasteiger partial charge in [0.05, 0.1) is 11.8 Å². The molecule has 0 amide bonds. The van der Waals surface area contributed by atoms with Crippen LogP contribution in [-0.2, 0) is 17.3 Å². The van der Waals surface area contributed by atoms with Crippen molar-refractivity contribution in [3.05, 3.63) is 11.8 Å². The Morgan fingerprint density at radius 1 is 1.35 bits per heavy atom. The molecule has 0 bridgehead atoms. The van der Waals surface area contributed by atoms with Crippen molar-refractivity contribution in [1.29, 1.82) is 5.41 Å². The van der Waals surface area contributed by atoms with Crippen LogP contribution in [0.2, 0.25) is 0 Å². The second-order valence-corrected chi connectivity index (χ2v) is 6.54. The molecule has 112 valence electrons. The minimum absolute atomic E-state index is 0.216. The highest BCUT2D eigenvalue weighted by molar-refractivity contribution is 7.90. The number of nitrogen functional groups attached to an aromatic ring is 1. The molecule has 1 aromatic rings. The molecule has 0 aliphatic carbocycles. The summed E-state index contributed by atoms with van der Waals surface area (Å²) in [6.07, 6.45) is 5.22. The summed E-state index contributed by atoms with van der Waals surface area (Å²) in [5.41, 5.74) is 5.71. The predicted molar refractivity (Wildman–Crippen MR) is 76.8 cm³/mol. The summed E-state index contributed by atoms with van der Waals surface area (Å²) in [5.74, 6) is 0.00779. The Labute approximate surface area is 118 Å². The number of nitrogens with zero attached hydrogens (tertiary/aromatic N) is 3. The van der Waals surface area contributed by atoms with Crippen LogP contribution in [0.5, 0.6) is 0 Å². The molecule has 1 saturated heterocycles. The summed E-state index contributed by atoms with van der Waals surface area (Å²) < 4.78 is 30.1. The van der Waals surface area contributed by atoms with Gasteiger partial charge in [0.15, 0.2) is 0 Å². The lowest BCUT2D eigenvalue weighted by atomic mass is 10.2. The highest BCUT2D eigenvalue weighted by Gasteiger charge is 2.25. The van der Waals surface area contributed by atoms with Gasteiger partial charge in [0.25, 0.3) is 0 Å². The van der Waals surface area contributed by atoms with Gasteiger partial charge in [0, 0.05) is 20.1 Å². The first kappa shape index (κ1) is 14.8. The Kier molecular flexibility index (Phi) is 4.29. The van der Waals surface area contributed by atoms with E-state index in [9.17, 15) is 8.42 Å². The molecule has 20 heavy (non-hydrogen) atoms. The molecule has 4 N–H and O–H groups in total. The van der Waals surface area contributed by atoms with Crippen molar-refractivity contribution in [2.75, 3.05) is 17.8 Å². The van der Waals surface area contributed by atoms with E-state index in [1.807, 2.05) is 0 Å². The molecule has 2 rings (SSSR count). The normalized spacial score (nSPS) is 17.6. The van der Waals surface area contributed by atoms with Gasteiger partial charge in [-0.1, -0.05) is 12.8 Å².